The molecule has 1 aromatic carbocycles. The van der Waals surface area contributed by atoms with Crippen LogP contribution in [-0.4, -0.2) is 29.8 Å². The number of benzene rings is 1. The van der Waals surface area contributed by atoms with Gasteiger partial charge < -0.3 is 10.2 Å². The maximum Gasteiger partial charge on any atom is 0.240 e. The zero-order valence-corrected chi connectivity index (χ0v) is 13.4. The lowest BCUT2D eigenvalue weighted by Crippen LogP contribution is -2.46. The molecule has 1 saturated carbocycles. The van der Waals surface area contributed by atoms with Gasteiger partial charge in [-0.2, -0.15) is 0 Å². The smallest absolute Gasteiger partial charge is 0.240 e. The number of carbonyl (C=O) groups excluding carboxylic acids is 2. The van der Waals surface area contributed by atoms with Gasteiger partial charge in [0.25, 0.3) is 0 Å². The van der Waals surface area contributed by atoms with Crippen LogP contribution in [0.1, 0.15) is 38.2 Å². The zero-order chi connectivity index (χ0) is 15.7. The molecule has 1 atom stereocenters. The third-order valence-corrected chi connectivity index (χ3v) is 4.85. The molecule has 2 fully saturated rings. The van der Waals surface area contributed by atoms with Crippen LogP contribution >= 0.6 is 0 Å². The molecule has 1 aliphatic heterocycles. The first kappa shape index (κ1) is 15.1. The highest BCUT2D eigenvalue weighted by molar-refractivity contribution is 6.13. The number of piperidine rings is 1. The van der Waals surface area contributed by atoms with Gasteiger partial charge in [-0.05, 0) is 50.7 Å². The average Bonchev–Trinajstić information content (AvgIpc) is 3.30. The first-order valence-corrected chi connectivity index (χ1v) is 8.19. The molecule has 22 heavy (non-hydrogen) atoms. The summed E-state index contributed by atoms with van der Waals surface area (Å²) in [4.78, 5) is 27.3. The molecule has 0 radical (unpaired) electrons. The lowest BCUT2D eigenvalue weighted by atomic mass is 9.96. The third kappa shape index (κ3) is 2.87. The molecule has 0 bridgehead atoms. The summed E-state index contributed by atoms with van der Waals surface area (Å²) in [5, 5.41) is 2.92. The Balaban J connectivity index is 1.68. The fourth-order valence-electron chi connectivity index (χ4n) is 3.23. The van der Waals surface area contributed by atoms with Gasteiger partial charge in [0.05, 0.1) is 0 Å². The van der Waals surface area contributed by atoms with Crippen molar-refractivity contribution >= 4 is 17.5 Å². The van der Waals surface area contributed by atoms with Crippen LogP contribution in [-0.2, 0) is 9.59 Å². The van der Waals surface area contributed by atoms with Crippen molar-refractivity contribution in [1.29, 1.82) is 0 Å². The van der Waals surface area contributed by atoms with E-state index in [0.29, 0.717) is 18.8 Å². The standard InChI is InChI=1S/C18H24N2O2/c1-13-5-7-15(8-6-13)19-16(21)18(9-10-18)17(22)20-11-3-4-14(2)12-20/h5-8,14H,3-4,9-12H2,1-2H3,(H,19,21). The highest BCUT2D eigenvalue weighted by Gasteiger charge is 2.58. The number of amides is 2. The normalized spacial score (nSPS) is 23.0. The van der Waals surface area contributed by atoms with Crippen LogP contribution in [0.4, 0.5) is 5.69 Å². The summed E-state index contributed by atoms with van der Waals surface area (Å²) in [6, 6.07) is 7.69. The van der Waals surface area contributed by atoms with E-state index in [1.807, 2.05) is 36.1 Å². The first-order valence-electron chi connectivity index (χ1n) is 8.19. The first-order chi connectivity index (χ1) is 10.5. The lowest BCUT2D eigenvalue weighted by Gasteiger charge is -2.33. The molecule has 0 aromatic heterocycles. The highest BCUT2D eigenvalue weighted by atomic mass is 16.2. The summed E-state index contributed by atoms with van der Waals surface area (Å²) >= 11 is 0. The maximum absolute atomic E-state index is 12.8. The molecule has 118 valence electrons. The SMILES string of the molecule is Cc1ccc(NC(=O)C2(C(=O)N3CCCC(C)C3)CC2)cc1. The molecule has 0 spiro atoms. The van der Waals surface area contributed by atoms with Crippen molar-refractivity contribution in [3.8, 4) is 0 Å². The van der Waals surface area contributed by atoms with Gasteiger partial charge >= 0.3 is 0 Å². The predicted octanol–water partition coefficient (Wildman–Crippen LogP) is 2.97. The fraction of sp³-hybridized carbons (Fsp3) is 0.556. The Labute approximate surface area is 131 Å². The van der Waals surface area contributed by atoms with Crippen LogP contribution in [0.15, 0.2) is 24.3 Å². The molecule has 2 aliphatic rings. The van der Waals surface area contributed by atoms with Gasteiger partial charge in [-0.1, -0.05) is 24.6 Å². The highest BCUT2D eigenvalue weighted by Crippen LogP contribution is 2.48. The molecule has 1 heterocycles. The predicted molar refractivity (Wildman–Crippen MR) is 86.5 cm³/mol. The van der Waals surface area contributed by atoms with Crippen molar-refractivity contribution in [2.75, 3.05) is 18.4 Å². The van der Waals surface area contributed by atoms with Crippen molar-refractivity contribution < 1.29 is 9.59 Å². The number of nitrogens with one attached hydrogen (secondary N) is 1. The van der Waals surface area contributed by atoms with Gasteiger partial charge in [0.2, 0.25) is 11.8 Å². The third-order valence-electron chi connectivity index (χ3n) is 4.85. The van der Waals surface area contributed by atoms with Crippen LogP contribution < -0.4 is 5.32 Å². The van der Waals surface area contributed by atoms with Crippen LogP contribution in [0.2, 0.25) is 0 Å². The van der Waals surface area contributed by atoms with E-state index < -0.39 is 5.41 Å². The Morgan fingerprint density at radius 1 is 1.23 bits per heavy atom. The number of hydrogen-bond donors (Lipinski definition) is 1. The molecule has 1 N–H and O–H groups in total. The molecule has 1 unspecified atom stereocenters. The van der Waals surface area contributed by atoms with E-state index in [1.54, 1.807) is 0 Å². The number of hydrogen-bond acceptors (Lipinski definition) is 2. The number of nitrogens with zero attached hydrogens (tertiary/aromatic N) is 1. The molecule has 1 aromatic rings. The van der Waals surface area contributed by atoms with Crippen molar-refractivity contribution in [2.45, 2.75) is 39.5 Å². The topological polar surface area (TPSA) is 49.4 Å². The van der Waals surface area contributed by atoms with E-state index in [-0.39, 0.29) is 11.8 Å². The fourth-order valence-corrected chi connectivity index (χ4v) is 3.23. The van der Waals surface area contributed by atoms with Crippen LogP contribution in [0, 0.1) is 18.3 Å². The summed E-state index contributed by atoms with van der Waals surface area (Å²) in [7, 11) is 0. The summed E-state index contributed by atoms with van der Waals surface area (Å²) in [5.41, 5.74) is 1.11. The van der Waals surface area contributed by atoms with Gasteiger partial charge in [-0.3, -0.25) is 9.59 Å². The zero-order valence-electron chi connectivity index (χ0n) is 13.4. The average molecular weight is 300 g/mol. The summed E-state index contributed by atoms with van der Waals surface area (Å²) in [6.45, 7) is 5.77. The van der Waals surface area contributed by atoms with Gasteiger partial charge in [0.1, 0.15) is 5.41 Å². The minimum atomic E-state index is -0.804. The number of likely N-dealkylation sites (tertiary alicyclic amines) is 1. The van der Waals surface area contributed by atoms with Gasteiger partial charge in [-0.25, -0.2) is 0 Å². The second-order valence-corrected chi connectivity index (χ2v) is 6.90. The van der Waals surface area contributed by atoms with Gasteiger partial charge in [0, 0.05) is 18.8 Å². The van der Waals surface area contributed by atoms with Crippen molar-refractivity contribution in [2.24, 2.45) is 11.3 Å². The molecule has 1 saturated heterocycles. The van der Waals surface area contributed by atoms with Crippen molar-refractivity contribution in [3.63, 3.8) is 0 Å². The Morgan fingerprint density at radius 3 is 2.50 bits per heavy atom. The number of carbonyl (C=O) groups is 2. The molecule has 1 aliphatic carbocycles. The summed E-state index contributed by atoms with van der Waals surface area (Å²) in [6.07, 6.45) is 3.57. The van der Waals surface area contributed by atoms with E-state index in [2.05, 4.69) is 12.2 Å². The second-order valence-electron chi connectivity index (χ2n) is 6.90. The minimum Gasteiger partial charge on any atom is -0.342 e. The Hall–Kier alpha value is -1.84. The monoisotopic (exact) mass is 300 g/mol. The lowest BCUT2D eigenvalue weighted by molar-refractivity contribution is -0.143. The number of anilines is 1. The molecule has 4 nitrogen and oxygen atoms in total. The van der Waals surface area contributed by atoms with E-state index in [0.717, 1.165) is 30.8 Å². The van der Waals surface area contributed by atoms with Crippen molar-refractivity contribution in [1.82, 2.24) is 4.90 Å². The largest absolute Gasteiger partial charge is 0.342 e. The Kier molecular flexibility index (Phi) is 3.94. The van der Waals surface area contributed by atoms with Crippen LogP contribution in [0.5, 0.6) is 0 Å². The molecule has 3 rings (SSSR count). The summed E-state index contributed by atoms with van der Waals surface area (Å²) < 4.78 is 0. The molecule has 2 amide bonds. The summed E-state index contributed by atoms with van der Waals surface area (Å²) in [5.74, 6) is 0.428. The van der Waals surface area contributed by atoms with E-state index in [1.165, 1.54) is 6.42 Å². The van der Waals surface area contributed by atoms with E-state index in [4.69, 9.17) is 0 Å². The van der Waals surface area contributed by atoms with Crippen molar-refractivity contribution in [3.05, 3.63) is 29.8 Å². The molecule has 4 heteroatoms. The van der Waals surface area contributed by atoms with Crippen LogP contribution in [0.25, 0.3) is 0 Å². The van der Waals surface area contributed by atoms with Gasteiger partial charge in [-0.15, -0.1) is 0 Å². The molecular formula is C18H24N2O2. The van der Waals surface area contributed by atoms with Gasteiger partial charge in [0.15, 0.2) is 0 Å². The maximum atomic E-state index is 12.8. The number of aryl methyl sites for hydroxylation is 1. The van der Waals surface area contributed by atoms with E-state index >= 15 is 0 Å². The Morgan fingerprint density at radius 2 is 1.91 bits per heavy atom. The Bertz CT molecular complexity index is 575. The van der Waals surface area contributed by atoms with Crippen LogP contribution in [0.3, 0.4) is 0 Å². The van der Waals surface area contributed by atoms with E-state index in [9.17, 15) is 9.59 Å². The minimum absolute atomic E-state index is 0.0312. The second kappa shape index (κ2) is 5.75. The number of rotatable bonds is 3. The quantitative estimate of drug-likeness (QED) is 0.873. The molecular weight excluding hydrogens is 276 g/mol.